The Morgan fingerprint density at radius 3 is 2.94 bits per heavy atom. The van der Waals surface area contributed by atoms with Gasteiger partial charge in [0.25, 0.3) is 0 Å². The molecule has 1 heterocycles. The first-order chi connectivity index (χ1) is 8.09. The molecule has 0 aliphatic heterocycles. The van der Waals surface area contributed by atoms with E-state index in [0.29, 0.717) is 12.5 Å². The lowest BCUT2D eigenvalue weighted by Crippen LogP contribution is -2.15. The molecular weight excluding hydrogens is 244 g/mol. The minimum atomic E-state index is -0.563. The molecule has 2 rings (SSSR count). The Morgan fingerprint density at radius 2 is 2.35 bits per heavy atom. The summed E-state index contributed by atoms with van der Waals surface area (Å²) in [4.78, 5) is 17.7. The minimum Gasteiger partial charge on any atom is -0.364 e. The molecule has 1 aliphatic carbocycles. The lowest BCUT2D eigenvalue weighted by molar-refractivity contribution is -0.384. The van der Waals surface area contributed by atoms with Crippen LogP contribution < -0.4 is 5.32 Å². The van der Waals surface area contributed by atoms with Crippen LogP contribution in [-0.4, -0.2) is 21.4 Å². The average Bonchev–Trinajstić information content (AvgIpc) is 3.08. The maximum absolute atomic E-state index is 10.8. The molecule has 0 aromatic carbocycles. The van der Waals surface area contributed by atoms with Gasteiger partial charge in [0.2, 0.25) is 11.0 Å². The van der Waals surface area contributed by atoms with Crippen molar-refractivity contribution in [3.63, 3.8) is 0 Å². The van der Waals surface area contributed by atoms with Gasteiger partial charge in [-0.3, -0.25) is 10.1 Å². The van der Waals surface area contributed by atoms with Gasteiger partial charge in [0.15, 0.2) is 0 Å². The van der Waals surface area contributed by atoms with Crippen molar-refractivity contribution in [2.45, 2.75) is 19.8 Å². The Balaban J connectivity index is 2.08. The molecule has 1 saturated carbocycles. The SMILES string of the molecule is CC(CNc1ncnc(Cl)c1[N+](=O)[O-])C1CC1. The molecule has 0 spiro atoms. The number of hydrogen-bond acceptors (Lipinski definition) is 5. The van der Waals surface area contributed by atoms with Crippen LogP contribution in [0.3, 0.4) is 0 Å². The fraction of sp³-hybridized carbons (Fsp3) is 0.600. The van der Waals surface area contributed by atoms with E-state index in [1.165, 1.54) is 19.2 Å². The van der Waals surface area contributed by atoms with Crippen molar-refractivity contribution in [1.29, 1.82) is 0 Å². The molecule has 1 atom stereocenters. The van der Waals surface area contributed by atoms with Crippen molar-refractivity contribution in [3.8, 4) is 0 Å². The number of nitrogens with zero attached hydrogens (tertiary/aromatic N) is 3. The van der Waals surface area contributed by atoms with Gasteiger partial charge in [-0.2, -0.15) is 0 Å². The summed E-state index contributed by atoms with van der Waals surface area (Å²) in [5.41, 5.74) is -0.253. The molecule has 0 bridgehead atoms. The molecule has 1 unspecified atom stereocenters. The summed E-state index contributed by atoms with van der Waals surface area (Å²) in [6.07, 6.45) is 3.71. The Morgan fingerprint density at radius 1 is 1.65 bits per heavy atom. The van der Waals surface area contributed by atoms with Crippen LogP contribution in [0.4, 0.5) is 11.5 Å². The number of nitro groups is 1. The highest BCUT2D eigenvalue weighted by Crippen LogP contribution is 2.37. The second-order valence-electron chi connectivity index (χ2n) is 4.31. The van der Waals surface area contributed by atoms with Gasteiger partial charge < -0.3 is 5.32 Å². The fourth-order valence-electron chi connectivity index (χ4n) is 1.74. The van der Waals surface area contributed by atoms with E-state index in [2.05, 4.69) is 22.2 Å². The molecule has 1 fully saturated rings. The molecule has 0 amide bonds. The molecule has 1 aliphatic rings. The number of nitrogens with one attached hydrogen (secondary N) is 1. The van der Waals surface area contributed by atoms with Gasteiger partial charge in [-0.1, -0.05) is 18.5 Å². The van der Waals surface area contributed by atoms with Crippen molar-refractivity contribution in [2.75, 3.05) is 11.9 Å². The predicted molar refractivity (Wildman–Crippen MR) is 64.1 cm³/mol. The largest absolute Gasteiger partial charge is 0.364 e. The predicted octanol–water partition coefficient (Wildman–Crippen LogP) is 2.50. The van der Waals surface area contributed by atoms with Gasteiger partial charge in [0.05, 0.1) is 4.92 Å². The summed E-state index contributed by atoms with van der Waals surface area (Å²) in [5.74, 6) is 1.42. The highest BCUT2D eigenvalue weighted by atomic mass is 35.5. The quantitative estimate of drug-likeness (QED) is 0.497. The van der Waals surface area contributed by atoms with Crippen molar-refractivity contribution in [3.05, 3.63) is 21.6 Å². The van der Waals surface area contributed by atoms with E-state index in [1.54, 1.807) is 0 Å². The van der Waals surface area contributed by atoms with Crippen LogP contribution in [0.1, 0.15) is 19.8 Å². The van der Waals surface area contributed by atoms with Crippen LogP contribution in [0.2, 0.25) is 5.15 Å². The first-order valence-corrected chi connectivity index (χ1v) is 5.86. The van der Waals surface area contributed by atoms with Crippen molar-refractivity contribution in [1.82, 2.24) is 9.97 Å². The van der Waals surface area contributed by atoms with E-state index in [-0.39, 0.29) is 16.7 Å². The summed E-state index contributed by atoms with van der Waals surface area (Å²) in [5, 5.41) is 13.7. The van der Waals surface area contributed by atoms with Crippen LogP contribution in [0.25, 0.3) is 0 Å². The first-order valence-electron chi connectivity index (χ1n) is 5.48. The van der Waals surface area contributed by atoms with Gasteiger partial charge >= 0.3 is 5.69 Å². The van der Waals surface area contributed by atoms with E-state index in [4.69, 9.17) is 11.6 Å². The maximum atomic E-state index is 10.8. The molecule has 1 aromatic heterocycles. The fourth-order valence-corrected chi connectivity index (χ4v) is 1.94. The van der Waals surface area contributed by atoms with E-state index in [0.717, 1.165) is 5.92 Å². The van der Waals surface area contributed by atoms with Crippen molar-refractivity contribution >= 4 is 23.1 Å². The first kappa shape index (κ1) is 12.0. The third-order valence-electron chi connectivity index (χ3n) is 2.98. The molecule has 1 N–H and O–H groups in total. The molecule has 17 heavy (non-hydrogen) atoms. The number of hydrogen-bond donors (Lipinski definition) is 1. The Bertz CT molecular complexity index is 436. The number of rotatable bonds is 5. The van der Waals surface area contributed by atoms with Crippen molar-refractivity contribution < 1.29 is 4.92 Å². The summed E-state index contributed by atoms with van der Waals surface area (Å²) < 4.78 is 0. The van der Waals surface area contributed by atoms with Crippen LogP contribution >= 0.6 is 11.6 Å². The molecular formula is C10H13ClN4O2. The van der Waals surface area contributed by atoms with Gasteiger partial charge in [0.1, 0.15) is 6.33 Å². The summed E-state index contributed by atoms with van der Waals surface area (Å²) in [7, 11) is 0. The number of anilines is 1. The maximum Gasteiger partial charge on any atom is 0.348 e. The highest BCUT2D eigenvalue weighted by Gasteiger charge is 2.28. The zero-order valence-corrected chi connectivity index (χ0v) is 10.1. The topological polar surface area (TPSA) is 81.0 Å². The van der Waals surface area contributed by atoms with E-state index in [9.17, 15) is 10.1 Å². The highest BCUT2D eigenvalue weighted by molar-refractivity contribution is 6.31. The molecule has 92 valence electrons. The Hall–Kier alpha value is -1.43. The Labute approximate surface area is 104 Å². The van der Waals surface area contributed by atoms with Gasteiger partial charge in [-0.25, -0.2) is 9.97 Å². The van der Waals surface area contributed by atoms with Gasteiger partial charge in [-0.15, -0.1) is 0 Å². The average molecular weight is 257 g/mol. The van der Waals surface area contributed by atoms with Crippen LogP contribution in [0.15, 0.2) is 6.33 Å². The molecule has 7 heteroatoms. The van der Waals surface area contributed by atoms with Crippen molar-refractivity contribution in [2.24, 2.45) is 11.8 Å². The number of halogens is 1. The van der Waals surface area contributed by atoms with E-state index in [1.807, 2.05) is 0 Å². The van der Waals surface area contributed by atoms with Crippen LogP contribution in [0, 0.1) is 22.0 Å². The second kappa shape index (κ2) is 4.83. The standard InChI is InChI=1S/C10H13ClN4O2/c1-6(7-2-3-7)4-12-10-8(15(16)17)9(11)13-5-14-10/h5-7H,2-4H2,1H3,(H,12,13,14). The minimum absolute atomic E-state index is 0.133. The molecule has 6 nitrogen and oxygen atoms in total. The lowest BCUT2D eigenvalue weighted by atomic mass is 10.1. The molecule has 1 aromatic rings. The molecule has 0 radical (unpaired) electrons. The smallest absolute Gasteiger partial charge is 0.348 e. The summed E-state index contributed by atoms with van der Waals surface area (Å²) in [6.45, 7) is 2.79. The normalized spacial score (nSPS) is 16.6. The lowest BCUT2D eigenvalue weighted by Gasteiger charge is -2.11. The second-order valence-corrected chi connectivity index (χ2v) is 4.67. The third kappa shape index (κ3) is 2.82. The van der Waals surface area contributed by atoms with Gasteiger partial charge in [-0.05, 0) is 24.7 Å². The zero-order chi connectivity index (χ0) is 12.4. The summed E-state index contributed by atoms with van der Waals surface area (Å²) >= 11 is 5.68. The number of aromatic nitrogens is 2. The Kier molecular flexibility index (Phi) is 3.42. The zero-order valence-electron chi connectivity index (χ0n) is 9.39. The third-order valence-corrected chi connectivity index (χ3v) is 3.26. The monoisotopic (exact) mass is 256 g/mol. The van der Waals surface area contributed by atoms with Crippen LogP contribution in [0.5, 0.6) is 0 Å². The van der Waals surface area contributed by atoms with E-state index < -0.39 is 4.92 Å². The van der Waals surface area contributed by atoms with Crippen LogP contribution in [-0.2, 0) is 0 Å². The summed E-state index contributed by atoms with van der Waals surface area (Å²) in [6, 6.07) is 0. The van der Waals surface area contributed by atoms with E-state index >= 15 is 0 Å². The van der Waals surface area contributed by atoms with Gasteiger partial charge in [0, 0.05) is 6.54 Å². The molecule has 0 saturated heterocycles.